The van der Waals surface area contributed by atoms with Gasteiger partial charge in [-0.3, -0.25) is 9.78 Å². The molecule has 0 bridgehead atoms. The Kier molecular flexibility index (Phi) is 5.35. The van der Waals surface area contributed by atoms with E-state index < -0.39 is 0 Å². The van der Waals surface area contributed by atoms with Gasteiger partial charge >= 0.3 is 0 Å². The van der Waals surface area contributed by atoms with Gasteiger partial charge in [-0.05, 0) is 44.0 Å². The van der Waals surface area contributed by atoms with Crippen LogP contribution in [0.3, 0.4) is 0 Å². The molecule has 2 heterocycles. The Labute approximate surface area is 120 Å². The van der Waals surface area contributed by atoms with Gasteiger partial charge in [0.15, 0.2) is 0 Å². The van der Waals surface area contributed by atoms with Crippen LogP contribution in [0.25, 0.3) is 0 Å². The number of likely N-dealkylation sites (tertiary alicyclic amines) is 1. The lowest BCUT2D eigenvalue weighted by Crippen LogP contribution is -2.36. The van der Waals surface area contributed by atoms with E-state index in [1.165, 1.54) is 25.9 Å². The van der Waals surface area contributed by atoms with Crippen molar-refractivity contribution in [2.45, 2.75) is 19.8 Å². The second kappa shape index (κ2) is 7.24. The number of hydrogen-bond donors (Lipinski definition) is 2. The fourth-order valence-electron chi connectivity index (χ4n) is 2.44. The standard InChI is InChI=1S/C15H24N4O/c1-12-4-8-19(9-5-12)10-7-17-13-3-6-18-14(11-13)15(20)16-2/h3,6,11-12H,4-5,7-10H2,1-2H3,(H,16,20)(H,17,18). The zero-order valence-corrected chi connectivity index (χ0v) is 12.4. The second-order valence-electron chi connectivity index (χ2n) is 5.46. The Morgan fingerprint density at radius 2 is 2.20 bits per heavy atom. The van der Waals surface area contributed by atoms with Crippen molar-refractivity contribution >= 4 is 11.6 Å². The molecule has 0 saturated carbocycles. The Morgan fingerprint density at radius 1 is 1.45 bits per heavy atom. The summed E-state index contributed by atoms with van der Waals surface area (Å²) in [6, 6.07) is 3.68. The van der Waals surface area contributed by atoms with E-state index in [1.54, 1.807) is 19.3 Å². The van der Waals surface area contributed by atoms with E-state index in [0.717, 1.165) is 24.7 Å². The third-order valence-corrected chi connectivity index (χ3v) is 3.85. The summed E-state index contributed by atoms with van der Waals surface area (Å²) in [4.78, 5) is 18.1. The highest BCUT2D eigenvalue weighted by atomic mass is 16.1. The van der Waals surface area contributed by atoms with Crippen molar-refractivity contribution in [3.63, 3.8) is 0 Å². The van der Waals surface area contributed by atoms with E-state index >= 15 is 0 Å². The molecule has 2 rings (SSSR count). The van der Waals surface area contributed by atoms with E-state index in [0.29, 0.717) is 5.69 Å². The Bertz CT molecular complexity index is 441. The molecule has 0 aromatic carbocycles. The minimum atomic E-state index is -0.154. The molecule has 1 aliphatic heterocycles. The normalized spacial score (nSPS) is 16.9. The molecular formula is C15H24N4O. The first-order valence-electron chi connectivity index (χ1n) is 7.33. The van der Waals surface area contributed by atoms with Crippen molar-refractivity contribution in [1.29, 1.82) is 0 Å². The van der Waals surface area contributed by atoms with Crippen LogP contribution in [-0.4, -0.2) is 49.0 Å². The van der Waals surface area contributed by atoms with Crippen LogP contribution in [0.4, 0.5) is 5.69 Å². The average molecular weight is 276 g/mol. The predicted octanol–water partition coefficient (Wildman–Crippen LogP) is 1.58. The number of carbonyl (C=O) groups is 1. The topological polar surface area (TPSA) is 57.3 Å². The molecule has 1 fully saturated rings. The van der Waals surface area contributed by atoms with Crippen molar-refractivity contribution in [2.24, 2.45) is 5.92 Å². The number of piperidine rings is 1. The molecule has 0 atom stereocenters. The zero-order chi connectivity index (χ0) is 14.4. The summed E-state index contributed by atoms with van der Waals surface area (Å²) in [5, 5.41) is 5.94. The van der Waals surface area contributed by atoms with Gasteiger partial charge in [0, 0.05) is 32.0 Å². The number of pyridine rings is 1. The quantitative estimate of drug-likeness (QED) is 0.857. The molecule has 0 aliphatic carbocycles. The summed E-state index contributed by atoms with van der Waals surface area (Å²) in [6.07, 6.45) is 4.27. The Morgan fingerprint density at radius 3 is 2.90 bits per heavy atom. The van der Waals surface area contributed by atoms with Gasteiger partial charge in [0.1, 0.15) is 5.69 Å². The van der Waals surface area contributed by atoms with Crippen molar-refractivity contribution in [3.05, 3.63) is 24.0 Å². The number of hydrogen-bond acceptors (Lipinski definition) is 4. The first-order valence-corrected chi connectivity index (χ1v) is 7.33. The predicted molar refractivity (Wildman–Crippen MR) is 81.0 cm³/mol. The van der Waals surface area contributed by atoms with E-state index in [1.807, 2.05) is 6.07 Å². The van der Waals surface area contributed by atoms with Gasteiger partial charge in [-0.2, -0.15) is 0 Å². The zero-order valence-electron chi connectivity index (χ0n) is 12.4. The number of nitrogens with one attached hydrogen (secondary N) is 2. The molecular weight excluding hydrogens is 252 g/mol. The molecule has 0 unspecified atom stereocenters. The maximum absolute atomic E-state index is 11.5. The molecule has 110 valence electrons. The van der Waals surface area contributed by atoms with Crippen LogP contribution in [0.1, 0.15) is 30.3 Å². The van der Waals surface area contributed by atoms with Crippen molar-refractivity contribution in [2.75, 3.05) is 38.5 Å². The van der Waals surface area contributed by atoms with Crippen molar-refractivity contribution in [1.82, 2.24) is 15.2 Å². The maximum atomic E-state index is 11.5. The number of anilines is 1. The molecule has 0 spiro atoms. The average Bonchev–Trinajstić information content (AvgIpc) is 2.49. The molecule has 1 saturated heterocycles. The smallest absolute Gasteiger partial charge is 0.269 e. The highest BCUT2D eigenvalue weighted by Crippen LogP contribution is 2.15. The summed E-state index contributed by atoms with van der Waals surface area (Å²) in [6.45, 7) is 6.66. The minimum absolute atomic E-state index is 0.154. The highest BCUT2D eigenvalue weighted by Gasteiger charge is 2.14. The van der Waals surface area contributed by atoms with Gasteiger partial charge in [-0.25, -0.2) is 0 Å². The van der Waals surface area contributed by atoms with Crippen molar-refractivity contribution in [3.8, 4) is 0 Å². The molecule has 1 aromatic rings. The van der Waals surface area contributed by atoms with Crippen molar-refractivity contribution < 1.29 is 4.79 Å². The summed E-state index contributed by atoms with van der Waals surface area (Å²) >= 11 is 0. The highest BCUT2D eigenvalue weighted by molar-refractivity contribution is 5.92. The van der Waals surface area contributed by atoms with Gasteiger partial charge in [-0.15, -0.1) is 0 Å². The van der Waals surface area contributed by atoms with Gasteiger partial charge in [0.2, 0.25) is 0 Å². The number of aromatic nitrogens is 1. The molecule has 1 amide bonds. The molecule has 0 radical (unpaired) electrons. The van der Waals surface area contributed by atoms with Gasteiger partial charge < -0.3 is 15.5 Å². The number of amides is 1. The monoisotopic (exact) mass is 276 g/mol. The number of nitrogens with zero attached hydrogens (tertiary/aromatic N) is 2. The van der Waals surface area contributed by atoms with Crippen LogP contribution < -0.4 is 10.6 Å². The van der Waals surface area contributed by atoms with E-state index in [9.17, 15) is 4.79 Å². The molecule has 2 N–H and O–H groups in total. The van der Waals surface area contributed by atoms with Crippen LogP contribution in [0.2, 0.25) is 0 Å². The van der Waals surface area contributed by atoms with Crippen LogP contribution in [-0.2, 0) is 0 Å². The van der Waals surface area contributed by atoms with Crippen LogP contribution in [0, 0.1) is 5.92 Å². The fraction of sp³-hybridized carbons (Fsp3) is 0.600. The largest absolute Gasteiger partial charge is 0.384 e. The van der Waals surface area contributed by atoms with E-state index in [-0.39, 0.29) is 5.91 Å². The third-order valence-electron chi connectivity index (χ3n) is 3.85. The summed E-state index contributed by atoms with van der Waals surface area (Å²) in [5.41, 5.74) is 1.40. The van der Waals surface area contributed by atoms with Crippen LogP contribution in [0.15, 0.2) is 18.3 Å². The molecule has 1 aliphatic rings. The Balaban J connectivity index is 1.78. The second-order valence-corrected chi connectivity index (χ2v) is 5.46. The SMILES string of the molecule is CNC(=O)c1cc(NCCN2CCC(C)CC2)ccn1. The van der Waals surface area contributed by atoms with Gasteiger partial charge in [-0.1, -0.05) is 6.92 Å². The number of rotatable bonds is 5. The molecule has 5 nitrogen and oxygen atoms in total. The maximum Gasteiger partial charge on any atom is 0.269 e. The van der Waals surface area contributed by atoms with E-state index in [4.69, 9.17) is 0 Å². The summed E-state index contributed by atoms with van der Waals surface area (Å²) < 4.78 is 0. The first kappa shape index (κ1) is 14.8. The number of carbonyl (C=O) groups excluding carboxylic acids is 1. The summed E-state index contributed by atoms with van der Waals surface area (Å²) in [7, 11) is 1.61. The first-order chi connectivity index (χ1) is 9.69. The van der Waals surface area contributed by atoms with Gasteiger partial charge in [0.05, 0.1) is 0 Å². The lowest BCUT2D eigenvalue weighted by molar-refractivity contribution is 0.0958. The minimum Gasteiger partial charge on any atom is -0.384 e. The lowest BCUT2D eigenvalue weighted by Gasteiger charge is -2.30. The lowest BCUT2D eigenvalue weighted by atomic mass is 9.99. The fourth-order valence-corrected chi connectivity index (χ4v) is 2.44. The Hall–Kier alpha value is -1.62. The van der Waals surface area contributed by atoms with Crippen LogP contribution in [0.5, 0.6) is 0 Å². The molecule has 1 aromatic heterocycles. The third kappa shape index (κ3) is 4.20. The molecule has 5 heteroatoms. The van der Waals surface area contributed by atoms with Gasteiger partial charge in [0.25, 0.3) is 5.91 Å². The van der Waals surface area contributed by atoms with Crippen LogP contribution >= 0.6 is 0 Å². The van der Waals surface area contributed by atoms with E-state index in [2.05, 4.69) is 27.4 Å². The molecule has 20 heavy (non-hydrogen) atoms. The summed E-state index contributed by atoms with van der Waals surface area (Å²) in [5.74, 6) is 0.716.